The maximum Gasteiger partial charge on any atom is 0.253 e. The molecule has 0 aromatic carbocycles. The quantitative estimate of drug-likeness (QED) is 0.798. The van der Waals surface area contributed by atoms with Crippen LogP contribution in [0.15, 0.2) is 18.3 Å². The summed E-state index contributed by atoms with van der Waals surface area (Å²) in [6.07, 6.45) is 2.03. The van der Waals surface area contributed by atoms with Crippen LogP contribution in [0.25, 0.3) is 0 Å². The molecular formula is C13H20N2O3. The Balaban J connectivity index is 2.67. The van der Waals surface area contributed by atoms with Gasteiger partial charge in [0.25, 0.3) is 5.91 Å². The molecule has 0 fully saturated rings. The number of hydrogen-bond acceptors (Lipinski definition) is 4. The van der Waals surface area contributed by atoms with Crippen molar-refractivity contribution in [2.24, 2.45) is 5.92 Å². The minimum atomic E-state index is -0.183. The smallest absolute Gasteiger partial charge is 0.253 e. The van der Waals surface area contributed by atoms with E-state index >= 15 is 0 Å². The van der Waals surface area contributed by atoms with Gasteiger partial charge in [0.2, 0.25) is 5.88 Å². The average molecular weight is 252 g/mol. The molecule has 0 saturated heterocycles. The number of rotatable bonds is 6. The summed E-state index contributed by atoms with van der Waals surface area (Å²) in [7, 11) is 1.53. The third-order valence-corrected chi connectivity index (χ3v) is 2.77. The normalized spacial score (nSPS) is 12.3. The molecule has 18 heavy (non-hydrogen) atoms. The Morgan fingerprint density at radius 1 is 1.50 bits per heavy atom. The van der Waals surface area contributed by atoms with Gasteiger partial charge in [-0.3, -0.25) is 4.79 Å². The molecule has 1 atom stereocenters. The van der Waals surface area contributed by atoms with E-state index in [0.717, 1.165) is 0 Å². The van der Waals surface area contributed by atoms with Crippen molar-refractivity contribution < 1.29 is 14.6 Å². The highest BCUT2D eigenvalue weighted by atomic mass is 16.5. The number of pyridine rings is 1. The lowest BCUT2D eigenvalue weighted by molar-refractivity contribution is 0.0916. The van der Waals surface area contributed by atoms with Gasteiger partial charge in [0.15, 0.2) is 0 Å². The molecule has 1 unspecified atom stereocenters. The topological polar surface area (TPSA) is 71.5 Å². The SMILES string of the molecule is COc1ccc(C(=O)NC(CCO)C(C)C)cn1. The van der Waals surface area contributed by atoms with E-state index in [0.29, 0.717) is 17.9 Å². The first-order chi connectivity index (χ1) is 8.58. The number of nitrogens with one attached hydrogen (secondary N) is 1. The van der Waals surface area contributed by atoms with Crippen LogP contribution in [0.5, 0.6) is 5.88 Å². The van der Waals surface area contributed by atoms with Crippen LogP contribution in [-0.2, 0) is 0 Å². The van der Waals surface area contributed by atoms with Crippen LogP contribution in [0.3, 0.4) is 0 Å². The number of carbonyl (C=O) groups is 1. The largest absolute Gasteiger partial charge is 0.481 e. The second-order valence-corrected chi connectivity index (χ2v) is 4.43. The maximum absolute atomic E-state index is 12.0. The summed E-state index contributed by atoms with van der Waals surface area (Å²) in [6, 6.07) is 3.27. The summed E-state index contributed by atoms with van der Waals surface area (Å²) in [5.74, 6) is 0.562. The Bertz CT molecular complexity index is 376. The maximum atomic E-state index is 12.0. The van der Waals surface area contributed by atoms with Crippen molar-refractivity contribution in [3.63, 3.8) is 0 Å². The Hall–Kier alpha value is -1.62. The van der Waals surface area contributed by atoms with Crippen molar-refractivity contribution >= 4 is 5.91 Å². The molecule has 5 nitrogen and oxygen atoms in total. The Kier molecular flexibility index (Phi) is 5.58. The van der Waals surface area contributed by atoms with Gasteiger partial charge < -0.3 is 15.2 Å². The van der Waals surface area contributed by atoms with E-state index in [4.69, 9.17) is 9.84 Å². The highest BCUT2D eigenvalue weighted by Crippen LogP contribution is 2.09. The lowest BCUT2D eigenvalue weighted by atomic mass is 10.0. The van der Waals surface area contributed by atoms with Crippen molar-refractivity contribution in [3.05, 3.63) is 23.9 Å². The summed E-state index contributed by atoms with van der Waals surface area (Å²) in [4.78, 5) is 15.9. The number of aliphatic hydroxyl groups excluding tert-OH is 1. The number of nitrogens with zero attached hydrogens (tertiary/aromatic N) is 1. The molecule has 1 heterocycles. The van der Waals surface area contributed by atoms with Gasteiger partial charge in [0.05, 0.1) is 12.7 Å². The van der Waals surface area contributed by atoms with E-state index in [-0.39, 0.29) is 24.5 Å². The van der Waals surface area contributed by atoms with Gasteiger partial charge in [-0.05, 0) is 18.4 Å². The fraction of sp³-hybridized carbons (Fsp3) is 0.538. The molecule has 0 aliphatic carbocycles. The van der Waals surface area contributed by atoms with Crippen molar-refractivity contribution in [1.82, 2.24) is 10.3 Å². The molecule has 2 N–H and O–H groups in total. The minimum absolute atomic E-state index is 0.0374. The molecule has 1 aromatic rings. The lowest BCUT2D eigenvalue weighted by Crippen LogP contribution is -2.39. The van der Waals surface area contributed by atoms with Crippen LogP contribution in [0.4, 0.5) is 0 Å². The van der Waals surface area contributed by atoms with Crippen LogP contribution in [0.2, 0.25) is 0 Å². The summed E-state index contributed by atoms with van der Waals surface area (Å²) >= 11 is 0. The molecule has 0 radical (unpaired) electrons. The fourth-order valence-electron chi connectivity index (χ4n) is 1.60. The molecule has 0 bridgehead atoms. The Morgan fingerprint density at radius 3 is 2.67 bits per heavy atom. The Morgan fingerprint density at radius 2 is 2.22 bits per heavy atom. The molecule has 0 spiro atoms. The van der Waals surface area contributed by atoms with Crippen LogP contribution in [0.1, 0.15) is 30.6 Å². The van der Waals surface area contributed by atoms with E-state index in [9.17, 15) is 4.79 Å². The van der Waals surface area contributed by atoms with Crippen LogP contribution in [0, 0.1) is 5.92 Å². The zero-order valence-corrected chi connectivity index (χ0v) is 11.0. The van der Waals surface area contributed by atoms with Crippen LogP contribution < -0.4 is 10.1 Å². The van der Waals surface area contributed by atoms with Crippen molar-refractivity contribution in [2.75, 3.05) is 13.7 Å². The van der Waals surface area contributed by atoms with Gasteiger partial charge in [-0.2, -0.15) is 0 Å². The molecule has 1 amide bonds. The minimum Gasteiger partial charge on any atom is -0.481 e. The molecule has 0 aliphatic heterocycles. The standard InChI is InChI=1S/C13H20N2O3/c1-9(2)11(6-7-16)15-13(17)10-4-5-12(18-3)14-8-10/h4-5,8-9,11,16H,6-7H2,1-3H3,(H,15,17). The zero-order valence-electron chi connectivity index (χ0n) is 11.0. The molecular weight excluding hydrogens is 232 g/mol. The molecule has 1 aromatic heterocycles. The fourth-order valence-corrected chi connectivity index (χ4v) is 1.60. The van der Waals surface area contributed by atoms with Gasteiger partial charge in [0.1, 0.15) is 0 Å². The third kappa shape index (κ3) is 4.00. The highest BCUT2D eigenvalue weighted by molar-refractivity contribution is 5.94. The predicted octanol–water partition coefficient (Wildman–Crippen LogP) is 1.23. The zero-order chi connectivity index (χ0) is 13.5. The number of hydrogen-bond donors (Lipinski definition) is 2. The monoisotopic (exact) mass is 252 g/mol. The second-order valence-electron chi connectivity index (χ2n) is 4.43. The molecule has 100 valence electrons. The van der Waals surface area contributed by atoms with Crippen LogP contribution in [-0.4, -0.2) is 35.8 Å². The Labute approximate surface area is 107 Å². The summed E-state index contributed by atoms with van der Waals surface area (Å²) in [5, 5.41) is 11.8. The van der Waals surface area contributed by atoms with Gasteiger partial charge in [0, 0.05) is 24.9 Å². The van der Waals surface area contributed by atoms with Gasteiger partial charge in [-0.15, -0.1) is 0 Å². The average Bonchev–Trinajstić information content (AvgIpc) is 2.38. The van der Waals surface area contributed by atoms with E-state index < -0.39 is 0 Å². The first-order valence-corrected chi connectivity index (χ1v) is 6.00. The highest BCUT2D eigenvalue weighted by Gasteiger charge is 2.16. The number of carbonyl (C=O) groups excluding carboxylic acids is 1. The summed E-state index contributed by atoms with van der Waals surface area (Å²) in [5.41, 5.74) is 0.486. The predicted molar refractivity (Wildman–Crippen MR) is 68.6 cm³/mol. The second kappa shape index (κ2) is 6.96. The summed E-state index contributed by atoms with van der Waals surface area (Å²) in [6.45, 7) is 4.07. The van der Waals surface area contributed by atoms with Gasteiger partial charge in [-0.25, -0.2) is 4.98 Å². The first kappa shape index (κ1) is 14.4. The van der Waals surface area contributed by atoms with E-state index in [2.05, 4.69) is 10.3 Å². The third-order valence-electron chi connectivity index (χ3n) is 2.77. The number of aliphatic hydroxyl groups is 1. The van der Waals surface area contributed by atoms with E-state index in [1.165, 1.54) is 13.3 Å². The van der Waals surface area contributed by atoms with Crippen molar-refractivity contribution in [3.8, 4) is 5.88 Å². The van der Waals surface area contributed by atoms with Crippen LogP contribution >= 0.6 is 0 Å². The van der Waals surface area contributed by atoms with Crippen molar-refractivity contribution in [1.29, 1.82) is 0 Å². The number of ether oxygens (including phenoxy) is 1. The lowest BCUT2D eigenvalue weighted by Gasteiger charge is -2.21. The number of methoxy groups -OCH3 is 1. The summed E-state index contributed by atoms with van der Waals surface area (Å²) < 4.78 is 4.93. The van der Waals surface area contributed by atoms with Crippen molar-refractivity contribution in [2.45, 2.75) is 26.3 Å². The molecule has 0 saturated carbocycles. The molecule has 1 rings (SSSR count). The van der Waals surface area contributed by atoms with E-state index in [1.807, 2.05) is 13.8 Å². The first-order valence-electron chi connectivity index (χ1n) is 6.00. The molecule has 0 aliphatic rings. The van der Waals surface area contributed by atoms with Gasteiger partial charge in [-0.1, -0.05) is 13.8 Å². The number of amides is 1. The molecule has 5 heteroatoms. The van der Waals surface area contributed by atoms with Gasteiger partial charge >= 0.3 is 0 Å². The number of aromatic nitrogens is 1. The van der Waals surface area contributed by atoms with E-state index in [1.54, 1.807) is 12.1 Å².